The van der Waals surface area contributed by atoms with E-state index in [1.54, 1.807) is 0 Å². The number of rotatable bonds is 6. The van der Waals surface area contributed by atoms with Crippen LogP contribution in [0.15, 0.2) is 12.7 Å². The second-order valence-corrected chi connectivity index (χ2v) is 4.12. The lowest BCUT2D eigenvalue weighted by Gasteiger charge is -2.29. The van der Waals surface area contributed by atoms with Crippen LogP contribution in [0.2, 0.25) is 0 Å². The molecule has 0 bridgehead atoms. The largest absolute Gasteiger partial charge is 0.313 e. The number of nitrogens with one attached hydrogen (secondary N) is 1. The van der Waals surface area contributed by atoms with Gasteiger partial charge in [-0.25, -0.2) is 0 Å². The second kappa shape index (κ2) is 7.02. The van der Waals surface area contributed by atoms with Gasteiger partial charge in [0.2, 0.25) is 0 Å². The molecule has 0 amide bonds. The Balaban J connectivity index is 2.19. The maximum Gasteiger partial charge on any atom is 0.0195 e. The van der Waals surface area contributed by atoms with Gasteiger partial charge in [-0.05, 0) is 32.4 Å². The lowest BCUT2D eigenvalue weighted by molar-refractivity contribution is 0.236. The second-order valence-electron chi connectivity index (χ2n) is 4.12. The molecule has 0 aromatic carbocycles. The maximum absolute atomic E-state index is 3.77. The number of nitrogens with zero attached hydrogens (tertiary/aromatic N) is 1. The first-order valence-electron chi connectivity index (χ1n) is 5.93. The average Bonchev–Trinajstić information content (AvgIpc) is 2.25. The Bertz CT molecular complexity index is 150. The van der Waals surface area contributed by atoms with Gasteiger partial charge in [0.25, 0.3) is 0 Å². The van der Waals surface area contributed by atoms with Crippen LogP contribution >= 0.6 is 0 Å². The minimum atomic E-state index is 0.730. The van der Waals surface area contributed by atoms with Gasteiger partial charge in [0.05, 0.1) is 0 Å². The summed E-state index contributed by atoms with van der Waals surface area (Å²) in [7, 11) is 0. The van der Waals surface area contributed by atoms with E-state index >= 15 is 0 Å². The number of hydrogen-bond donors (Lipinski definition) is 1. The predicted octanol–water partition coefficient (Wildman–Crippen LogP) is 2.03. The van der Waals surface area contributed by atoms with Crippen molar-refractivity contribution in [3.8, 4) is 0 Å². The molecule has 0 aromatic heterocycles. The molecule has 0 radical (unpaired) electrons. The molecule has 1 saturated heterocycles. The topological polar surface area (TPSA) is 15.3 Å². The third-order valence-corrected chi connectivity index (χ3v) is 2.99. The quantitative estimate of drug-likeness (QED) is 0.654. The van der Waals surface area contributed by atoms with Crippen LogP contribution in [0, 0.1) is 0 Å². The minimum absolute atomic E-state index is 0.730. The van der Waals surface area contributed by atoms with Gasteiger partial charge in [0.1, 0.15) is 0 Å². The molecule has 1 aliphatic heterocycles. The smallest absolute Gasteiger partial charge is 0.0195 e. The summed E-state index contributed by atoms with van der Waals surface area (Å²) in [6.07, 6.45) is 7.23. The van der Waals surface area contributed by atoms with Crippen molar-refractivity contribution in [3.05, 3.63) is 12.7 Å². The van der Waals surface area contributed by atoms with E-state index in [1.807, 2.05) is 6.08 Å². The fourth-order valence-corrected chi connectivity index (χ4v) is 2.04. The molecular formula is C12H24N2. The van der Waals surface area contributed by atoms with Crippen LogP contribution in [0.1, 0.15) is 32.6 Å². The van der Waals surface area contributed by atoms with Crippen molar-refractivity contribution in [2.75, 3.05) is 26.2 Å². The minimum Gasteiger partial charge on any atom is -0.313 e. The summed E-state index contributed by atoms with van der Waals surface area (Å²) < 4.78 is 0. The zero-order valence-electron chi connectivity index (χ0n) is 9.47. The molecule has 1 N–H and O–H groups in total. The summed E-state index contributed by atoms with van der Waals surface area (Å²) in [6.45, 7) is 10.8. The highest BCUT2D eigenvalue weighted by Gasteiger charge is 2.14. The summed E-state index contributed by atoms with van der Waals surface area (Å²) in [5.74, 6) is 0. The summed E-state index contributed by atoms with van der Waals surface area (Å²) in [4.78, 5) is 2.52. The molecule has 1 aliphatic rings. The van der Waals surface area contributed by atoms with Gasteiger partial charge >= 0.3 is 0 Å². The fraction of sp³-hybridized carbons (Fsp3) is 0.833. The lowest BCUT2D eigenvalue weighted by Crippen LogP contribution is -2.43. The molecule has 0 spiro atoms. The maximum atomic E-state index is 3.77. The van der Waals surface area contributed by atoms with E-state index in [2.05, 4.69) is 23.7 Å². The Morgan fingerprint density at radius 3 is 2.93 bits per heavy atom. The van der Waals surface area contributed by atoms with Crippen molar-refractivity contribution in [1.82, 2.24) is 10.2 Å². The summed E-state index contributed by atoms with van der Waals surface area (Å²) in [5.41, 5.74) is 0. The molecule has 2 heteroatoms. The van der Waals surface area contributed by atoms with Crippen LogP contribution in [0.3, 0.4) is 0 Å². The van der Waals surface area contributed by atoms with E-state index in [9.17, 15) is 0 Å². The van der Waals surface area contributed by atoms with E-state index in [-0.39, 0.29) is 0 Å². The Labute approximate surface area is 88.4 Å². The van der Waals surface area contributed by atoms with Crippen molar-refractivity contribution in [1.29, 1.82) is 0 Å². The fourth-order valence-electron chi connectivity index (χ4n) is 2.04. The highest BCUT2D eigenvalue weighted by atomic mass is 15.1. The van der Waals surface area contributed by atoms with Crippen LogP contribution in [-0.4, -0.2) is 37.1 Å². The van der Waals surface area contributed by atoms with Crippen molar-refractivity contribution in [2.24, 2.45) is 0 Å². The van der Waals surface area contributed by atoms with Crippen LogP contribution in [0.5, 0.6) is 0 Å². The van der Waals surface area contributed by atoms with Gasteiger partial charge in [0, 0.05) is 19.1 Å². The summed E-state index contributed by atoms with van der Waals surface area (Å²) in [5, 5.41) is 3.59. The molecule has 2 nitrogen and oxygen atoms in total. The van der Waals surface area contributed by atoms with Gasteiger partial charge in [-0.15, -0.1) is 6.58 Å². The normalized spacial score (nSPS) is 22.6. The van der Waals surface area contributed by atoms with Gasteiger partial charge in [-0.1, -0.05) is 19.4 Å². The molecule has 0 aromatic rings. The number of likely N-dealkylation sites (N-methyl/N-ethyl adjacent to an activating group) is 1. The third kappa shape index (κ3) is 4.25. The molecule has 1 rings (SSSR count). The molecular weight excluding hydrogens is 172 g/mol. The third-order valence-electron chi connectivity index (χ3n) is 2.99. The molecule has 1 atom stereocenters. The molecule has 0 saturated carbocycles. The van der Waals surface area contributed by atoms with Gasteiger partial charge in [-0.2, -0.15) is 0 Å². The Hall–Kier alpha value is -0.340. The van der Waals surface area contributed by atoms with Crippen molar-refractivity contribution in [2.45, 2.75) is 38.6 Å². The molecule has 1 unspecified atom stereocenters. The summed E-state index contributed by atoms with van der Waals surface area (Å²) in [6, 6.07) is 0.730. The van der Waals surface area contributed by atoms with Crippen molar-refractivity contribution in [3.63, 3.8) is 0 Å². The summed E-state index contributed by atoms with van der Waals surface area (Å²) >= 11 is 0. The van der Waals surface area contributed by atoms with Crippen LogP contribution in [0.4, 0.5) is 0 Å². The van der Waals surface area contributed by atoms with Crippen LogP contribution in [-0.2, 0) is 0 Å². The van der Waals surface area contributed by atoms with E-state index in [0.717, 1.165) is 25.6 Å². The number of piperidine rings is 1. The predicted molar refractivity (Wildman–Crippen MR) is 62.6 cm³/mol. The molecule has 82 valence electrons. The van der Waals surface area contributed by atoms with Crippen molar-refractivity contribution < 1.29 is 0 Å². The monoisotopic (exact) mass is 196 g/mol. The van der Waals surface area contributed by atoms with Crippen LogP contribution < -0.4 is 5.32 Å². The molecule has 14 heavy (non-hydrogen) atoms. The molecule has 1 heterocycles. The average molecular weight is 196 g/mol. The zero-order valence-corrected chi connectivity index (χ0v) is 9.47. The highest BCUT2D eigenvalue weighted by Crippen LogP contribution is 2.08. The Morgan fingerprint density at radius 1 is 1.50 bits per heavy atom. The number of hydrogen-bond acceptors (Lipinski definition) is 2. The molecule has 1 fully saturated rings. The van der Waals surface area contributed by atoms with E-state index in [4.69, 9.17) is 0 Å². The van der Waals surface area contributed by atoms with Gasteiger partial charge in [-0.3, -0.25) is 0 Å². The van der Waals surface area contributed by atoms with Gasteiger partial charge in [0.15, 0.2) is 0 Å². The first-order valence-corrected chi connectivity index (χ1v) is 5.93. The SMILES string of the molecule is C=CCCN(CC)CC1CCCCN1. The lowest BCUT2D eigenvalue weighted by atomic mass is 10.0. The Kier molecular flexibility index (Phi) is 5.88. The standard InChI is InChI=1S/C12H24N2/c1-3-5-10-14(4-2)11-12-8-6-7-9-13-12/h3,12-13H,1,4-11H2,2H3. The Morgan fingerprint density at radius 2 is 2.36 bits per heavy atom. The zero-order chi connectivity index (χ0) is 10.2. The van der Waals surface area contributed by atoms with Crippen molar-refractivity contribution >= 4 is 0 Å². The van der Waals surface area contributed by atoms with E-state index in [0.29, 0.717) is 0 Å². The first kappa shape index (κ1) is 11.7. The first-order chi connectivity index (χ1) is 6.86. The van der Waals surface area contributed by atoms with Crippen LogP contribution in [0.25, 0.3) is 0 Å². The van der Waals surface area contributed by atoms with E-state index < -0.39 is 0 Å². The van der Waals surface area contributed by atoms with E-state index in [1.165, 1.54) is 32.4 Å². The van der Waals surface area contributed by atoms with Gasteiger partial charge < -0.3 is 10.2 Å². The molecule has 0 aliphatic carbocycles. The highest BCUT2D eigenvalue weighted by molar-refractivity contribution is 4.77.